The van der Waals surface area contributed by atoms with Gasteiger partial charge < -0.3 is 0 Å². The van der Waals surface area contributed by atoms with Gasteiger partial charge in [-0.3, -0.25) is 0 Å². The topological polar surface area (TPSA) is 3.24 Å². The summed E-state index contributed by atoms with van der Waals surface area (Å²) in [5, 5.41) is 1.33. The van der Waals surface area contributed by atoms with Crippen LogP contribution in [0.25, 0.3) is 0 Å². The zero-order chi connectivity index (χ0) is 6.41. The van der Waals surface area contributed by atoms with Crippen molar-refractivity contribution in [2.45, 2.75) is 17.9 Å². The summed E-state index contributed by atoms with van der Waals surface area (Å²) in [7, 11) is 4.24. The molecule has 0 atom stereocenters. The van der Waals surface area contributed by atoms with Crippen LogP contribution in [0.4, 0.5) is 0 Å². The van der Waals surface area contributed by atoms with Crippen molar-refractivity contribution < 1.29 is 0 Å². The van der Waals surface area contributed by atoms with E-state index in [4.69, 9.17) is 0 Å². The van der Waals surface area contributed by atoms with E-state index >= 15 is 0 Å². The number of unbranched alkanes of at least 4 members (excludes halogenated alkanes) is 1. The molecule has 0 N–H and O–H groups in total. The molecule has 1 nitrogen and oxygen atoms in total. The summed E-state index contributed by atoms with van der Waals surface area (Å²) < 4.78 is 0. The van der Waals surface area contributed by atoms with Crippen LogP contribution in [-0.2, 0) is 0 Å². The van der Waals surface area contributed by atoms with Crippen LogP contribution in [-0.4, -0.2) is 43.3 Å². The van der Waals surface area contributed by atoms with Gasteiger partial charge in [-0.15, -0.1) is 0 Å². The molecule has 0 amide bonds. The first-order chi connectivity index (χ1) is 3.77. The molecule has 0 spiro atoms. The molecule has 0 unspecified atom stereocenters. The fraction of sp³-hybridized carbons (Fsp3) is 1.00. The van der Waals surface area contributed by atoms with Crippen molar-refractivity contribution in [3.8, 4) is 0 Å². The second-order valence-electron chi connectivity index (χ2n) is 2.51. The summed E-state index contributed by atoms with van der Waals surface area (Å²) in [6.07, 6.45) is 2.72. The van der Waals surface area contributed by atoms with Crippen LogP contribution >= 0.6 is 0 Å². The second kappa shape index (κ2) is 5.69. The van der Waals surface area contributed by atoms with Crippen LogP contribution < -0.4 is 0 Å². The monoisotopic (exact) mass is 107 g/mol. The summed E-state index contributed by atoms with van der Waals surface area (Å²) in [6.45, 7) is 1.24. The Morgan fingerprint density at radius 2 is 1.88 bits per heavy atom. The Bertz CT molecular complexity index is 45.8. The Morgan fingerprint density at radius 1 is 1.25 bits per heavy atom. The normalized spacial score (nSPS) is 10.6. The molecule has 0 aromatic carbocycles. The first kappa shape index (κ1) is 8.56. The Morgan fingerprint density at radius 3 is 2.25 bits per heavy atom. The first-order valence-electron chi connectivity index (χ1n) is 3.42. The molecule has 0 aliphatic rings. The quantitative estimate of drug-likeness (QED) is 0.381. The van der Waals surface area contributed by atoms with Crippen molar-refractivity contribution in [1.82, 2.24) is 4.90 Å². The van der Waals surface area contributed by atoms with Crippen LogP contribution in [0.15, 0.2) is 0 Å². The maximum atomic E-state index is 2.23. The van der Waals surface area contributed by atoms with Gasteiger partial charge in [0, 0.05) is 0 Å². The standard InChI is InChI=1S/C6H14N.Li/c1-4-5-6-7(2)3;/h1,4-6H2,2-3H3;. The third-order valence-electron chi connectivity index (χ3n) is 1.21. The zero-order valence-corrected chi connectivity index (χ0v) is 6.28. The van der Waals surface area contributed by atoms with E-state index in [0.717, 1.165) is 0 Å². The van der Waals surface area contributed by atoms with E-state index in [0.29, 0.717) is 0 Å². The molecule has 0 aliphatic carbocycles. The van der Waals surface area contributed by atoms with E-state index in [1.807, 2.05) is 0 Å². The molecular weight excluding hydrogens is 93.0 g/mol. The Labute approximate surface area is 61.6 Å². The van der Waals surface area contributed by atoms with Crippen LogP contribution in [0.5, 0.6) is 0 Å². The van der Waals surface area contributed by atoms with Gasteiger partial charge in [-0.1, -0.05) is 0 Å². The average Bonchev–Trinajstić information content (AvgIpc) is 1.66. The number of rotatable bonds is 4. The van der Waals surface area contributed by atoms with E-state index < -0.39 is 0 Å². The molecule has 2 heteroatoms. The summed E-state index contributed by atoms with van der Waals surface area (Å²) in [4.78, 5) is 2.23. The molecule has 0 rings (SSSR count). The maximum absolute atomic E-state index is 2.23. The fourth-order valence-corrected chi connectivity index (χ4v) is 0.678. The van der Waals surface area contributed by atoms with Gasteiger partial charge >= 0.3 is 61.2 Å². The van der Waals surface area contributed by atoms with Gasteiger partial charge in [0.05, 0.1) is 0 Å². The van der Waals surface area contributed by atoms with Gasteiger partial charge in [-0.25, -0.2) is 0 Å². The van der Waals surface area contributed by atoms with Gasteiger partial charge in [0.25, 0.3) is 0 Å². The van der Waals surface area contributed by atoms with Crippen molar-refractivity contribution >= 4 is 17.7 Å². The van der Waals surface area contributed by atoms with Crippen molar-refractivity contribution in [3.63, 3.8) is 0 Å². The molecule has 0 aromatic rings. The van der Waals surface area contributed by atoms with Crippen LogP contribution in [0.2, 0.25) is 5.09 Å². The summed E-state index contributed by atoms with van der Waals surface area (Å²) in [6, 6.07) is 0. The predicted molar refractivity (Wildman–Crippen MR) is 38.3 cm³/mol. The number of hydrogen-bond acceptors (Lipinski definition) is 1. The van der Waals surface area contributed by atoms with Gasteiger partial charge in [-0.05, 0) is 0 Å². The van der Waals surface area contributed by atoms with E-state index in [-0.39, 0.29) is 0 Å². The average molecular weight is 107 g/mol. The first-order valence-corrected chi connectivity index (χ1v) is 3.42. The van der Waals surface area contributed by atoms with E-state index in [2.05, 4.69) is 36.7 Å². The molecule has 0 heterocycles. The van der Waals surface area contributed by atoms with Gasteiger partial charge in [0.2, 0.25) is 0 Å². The van der Waals surface area contributed by atoms with Crippen LogP contribution in [0, 0.1) is 0 Å². The molecule has 0 bridgehead atoms. The summed E-state index contributed by atoms with van der Waals surface area (Å²) >= 11 is 2.23. The Balaban J connectivity index is 2.72. The van der Waals surface area contributed by atoms with E-state index in [1.54, 1.807) is 0 Å². The predicted octanol–water partition coefficient (Wildman–Crippen LogP) is 0.915. The van der Waals surface area contributed by atoms with Crippen molar-refractivity contribution in [2.24, 2.45) is 0 Å². The molecule has 0 saturated heterocycles. The Kier molecular flexibility index (Phi) is 6.09. The van der Waals surface area contributed by atoms with Crippen molar-refractivity contribution in [2.75, 3.05) is 20.6 Å². The summed E-state index contributed by atoms with van der Waals surface area (Å²) in [5.41, 5.74) is 0. The molecule has 0 radical (unpaired) electrons. The number of nitrogens with zero attached hydrogens (tertiary/aromatic N) is 1. The van der Waals surface area contributed by atoms with Crippen molar-refractivity contribution in [3.05, 3.63) is 0 Å². The minimum absolute atomic E-state index is 1.24. The second-order valence-corrected chi connectivity index (χ2v) is 2.51. The molecular formula is C6H14LiN. The third-order valence-corrected chi connectivity index (χ3v) is 1.21. The number of hydrogen-bond donors (Lipinski definition) is 0. The molecule has 8 heavy (non-hydrogen) atoms. The molecule has 0 fully saturated rings. The minimum atomic E-state index is 1.24. The van der Waals surface area contributed by atoms with Gasteiger partial charge in [-0.2, -0.15) is 0 Å². The summed E-state index contributed by atoms with van der Waals surface area (Å²) in [5.74, 6) is 0. The fourth-order valence-electron chi connectivity index (χ4n) is 0.678. The Hall–Kier alpha value is 0.557. The molecule has 44 valence electrons. The van der Waals surface area contributed by atoms with Crippen LogP contribution in [0.3, 0.4) is 0 Å². The zero-order valence-electron chi connectivity index (χ0n) is 6.28. The third kappa shape index (κ3) is 6.56. The van der Waals surface area contributed by atoms with E-state index in [9.17, 15) is 0 Å². The van der Waals surface area contributed by atoms with Gasteiger partial charge in [0.1, 0.15) is 0 Å². The SMILES string of the molecule is [Li][CH2]CCCN(C)C. The van der Waals surface area contributed by atoms with Gasteiger partial charge in [0.15, 0.2) is 0 Å². The molecule has 0 aromatic heterocycles. The molecule has 0 saturated carbocycles. The van der Waals surface area contributed by atoms with Crippen molar-refractivity contribution in [1.29, 1.82) is 0 Å². The van der Waals surface area contributed by atoms with E-state index in [1.165, 1.54) is 24.5 Å². The molecule has 0 aliphatic heterocycles. The van der Waals surface area contributed by atoms with Crippen LogP contribution in [0.1, 0.15) is 12.8 Å².